The van der Waals surface area contributed by atoms with Crippen LogP contribution < -0.4 is 9.62 Å². The van der Waals surface area contributed by atoms with Gasteiger partial charge in [-0.15, -0.1) is 0 Å². The second-order valence-electron chi connectivity index (χ2n) is 8.50. The van der Waals surface area contributed by atoms with Gasteiger partial charge < -0.3 is 10.2 Å². The fourth-order valence-corrected chi connectivity index (χ4v) is 6.46. The van der Waals surface area contributed by atoms with Crippen molar-refractivity contribution in [1.29, 1.82) is 0 Å². The summed E-state index contributed by atoms with van der Waals surface area (Å²) in [5.74, 6) is -0.443. The van der Waals surface area contributed by atoms with Crippen LogP contribution in [0.4, 0.5) is 5.69 Å². The fourth-order valence-electron chi connectivity index (χ4n) is 4.59. The highest BCUT2D eigenvalue weighted by molar-refractivity contribution is 7.93. The van der Waals surface area contributed by atoms with Gasteiger partial charge in [-0.05, 0) is 48.1 Å². The summed E-state index contributed by atoms with van der Waals surface area (Å²) in [6.45, 7) is 2.29. The third-order valence-electron chi connectivity index (χ3n) is 6.33. The van der Waals surface area contributed by atoms with Gasteiger partial charge in [0.1, 0.15) is 6.04 Å². The minimum atomic E-state index is -3.68. The Kier molecular flexibility index (Phi) is 7.33. The van der Waals surface area contributed by atoms with Gasteiger partial charge in [0.25, 0.3) is 10.0 Å². The third-order valence-corrected chi connectivity index (χ3v) is 8.44. The lowest BCUT2D eigenvalue weighted by Gasteiger charge is -2.30. The molecule has 0 saturated carbocycles. The number of benzene rings is 3. The molecule has 7 nitrogen and oxygen atoms in total. The highest BCUT2D eigenvalue weighted by atomic mass is 35.5. The molecule has 1 aliphatic heterocycles. The zero-order chi connectivity index (χ0) is 25.2. The van der Waals surface area contributed by atoms with Crippen LogP contribution in [0.5, 0.6) is 0 Å². The van der Waals surface area contributed by atoms with E-state index in [-0.39, 0.29) is 31.3 Å². The van der Waals surface area contributed by atoms with Gasteiger partial charge in [0, 0.05) is 37.0 Å². The van der Waals surface area contributed by atoms with Crippen molar-refractivity contribution in [3.05, 3.63) is 71.2 Å². The molecule has 1 heterocycles. The van der Waals surface area contributed by atoms with E-state index in [4.69, 9.17) is 11.6 Å². The number of anilines is 1. The van der Waals surface area contributed by atoms with Crippen LogP contribution >= 0.6 is 11.6 Å². The molecule has 2 amide bonds. The first-order valence-corrected chi connectivity index (χ1v) is 13.4. The van der Waals surface area contributed by atoms with Gasteiger partial charge in [0.15, 0.2) is 0 Å². The Morgan fingerprint density at radius 3 is 2.40 bits per heavy atom. The molecule has 0 fully saturated rings. The molecular formula is C26H28ClN3O4S. The summed E-state index contributed by atoms with van der Waals surface area (Å²) in [5, 5.41) is 4.82. The quantitative estimate of drug-likeness (QED) is 0.461. The first-order valence-electron chi connectivity index (χ1n) is 11.6. The number of nitrogens with one attached hydrogen (secondary N) is 1. The Morgan fingerprint density at radius 2 is 1.74 bits per heavy atom. The van der Waals surface area contributed by atoms with Gasteiger partial charge in [0.2, 0.25) is 11.8 Å². The molecule has 1 atom stereocenters. The van der Waals surface area contributed by atoms with Crippen LogP contribution in [0.2, 0.25) is 5.02 Å². The first-order chi connectivity index (χ1) is 16.8. The Bertz CT molecular complexity index is 1350. The van der Waals surface area contributed by atoms with Crippen molar-refractivity contribution < 1.29 is 18.0 Å². The molecule has 3 aromatic rings. The smallest absolute Gasteiger partial charge is 0.265 e. The Labute approximate surface area is 210 Å². The van der Waals surface area contributed by atoms with Crippen molar-refractivity contribution in [3.8, 4) is 0 Å². The molecule has 3 aromatic carbocycles. The highest BCUT2D eigenvalue weighted by Crippen LogP contribution is 2.42. The second kappa shape index (κ2) is 10.3. The van der Waals surface area contributed by atoms with Gasteiger partial charge >= 0.3 is 0 Å². The van der Waals surface area contributed by atoms with Crippen molar-refractivity contribution in [2.45, 2.75) is 43.7 Å². The summed E-state index contributed by atoms with van der Waals surface area (Å²) in [5.41, 5.74) is 1.50. The highest BCUT2D eigenvalue weighted by Gasteiger charge is 2.35. The second-order valence-corrected chi connectivity index (χ2v) is 10.8. The SMILES string of the molecule is CC[C@H](C(=O)NC)N(Cc1ccc(Cl)cc1)C(=O)CCCN1c2cccc3cccc(c23)S1(=O)=O. The summed E-state index contributed by atoms with van der Waals surface area (Å²) in [6, 6.07) is 17.3. The third kappa shape index (κ3) is 4.86. The van der Waals surface area contributed by atoms with E-state index < -0.39 is 16.1 Å². The number of carbonyl (C=O) groups is 2. The van der Waals surface area contributed by atoms with Crippen molar-refractivity contribution in [1.82, 2.24) is 10.2 Å². The average molecular weight is 514 g/mol. The Balaban J connectivity index is 1.51. The van der Waals surface area contributed by atoms with Crippen molar-refractivity contribution in [2.24, 2.45) is 0 Å². The normalized spacial score (nSPS) is 14.7. The van der Waals surface area contributed by atoms with E-state index in [0.717, 1.165) is 16.3 Å². The molecule has 0 radical (unpaired) electrons. The molecule has 0 aliphatic carbocycles. The summed E-state index contributed by atoms with van der Waals surface area (Å²) >= 11 is 5.99. The molecule has 1 aliphatic rings. The van der Waals surface area contributed by atoms with Crippen LogP contribution in [0.25, 0.3) is 10.8 Å². The number of hydrogen-bond donors (Lipinski definition) is 1. The first kappa shape index (κ1) is 25.0. The molecule has 0 unspecified atom stereocenters. The van der Waals surface area contributed by atoms with E-state index in [9.17, 15) is 18.0 Å². The van der Waals surface area contributed by atoms with Gasteiger partial charge in [-0.2, -0.15) is 0 Å². The minimum absolute atomic E-state index is 0.111. The van der Waals surface area contributed by atoms with Crippen molar-refractivity contribution >= 4 is 49.9 Å². The van der Waals surface area contributed by atoms with Crippen molar-refractivity contribution in [3.63, 3.8) is 0 Å². The summed E-state index contributed by atoms with van der Waals surface area (Å²) in [7, 11) is -2.13. The predicted molar refractivity (Wildman–Crippen MR) is 138 cm³/mol. The molecule has 4 rings (SSSR count). The lowest BCUT2D eigenvalue weighted by molar-refractivity contribution is -0.141. The fraction of sp³-hybridized carbons (Fsp3) is 0.308. The molecule has 0 bridgehead atoms. The number of sulfonamides is 1. The zero-order valence-electron chi connectivity index (χ0n) is 19.7. The van der Waals surface area contributed by atoms with Gasteiger partial charge in [-0.1, -0.05) is 54.9 Å². The molecule has 9 heteroatoms. The van der Waals surface area contributed by atoms with Crippen LogP contribution in [0.15, 0.2) is 65.6 Å². The molecule has 0 spiro atoms. The van der Waals surface area contributed by atoms with Crippen LogP contribution in [0.3, 0.4) is 0 Å². The Morgan fingerprint density at radius 1 is 1.06 bits per heavy atom. The minimum Gasteiger partial charge on any atom is -0.357 e. The van der Waals surface area contributed by atoms with Gasteiger partial charge in [0.05, 0.1) is 10.6 Å². The topological polar surface area (TPSA) is 86.8 Å². The maximum absolute atomic E-state index is 13.3. The van der Waals surface area contributed by atoms with Crippen LogP contribution in [0.1, 0.15) is 31.7 Å². The number of amides is 2. The van der Waals surface area contributed by atoms with Gasteiger partial charge in [-0.3, -0.25) is 13.9 Å². The molecule has 0 aromatic heterocycles. The van der Waals surface area contributed by atoms with E-state index in [2.05, 4.69) is 5.32 Å². The summed E-state index contributed by atoms with van der Waals surface area (Å²) in [4.78, 5) is 27.7. The molecule has 0 saturated heterocycles. The molecule has 1 N–H and O–H groups in total. The number of hydrogen-bond acceptors (Lipinski definition) is 4. The maximum atomic E-state index is 13.3. The van der Waals surface area contributed by atoms with Crippen LogP contribution in [-0.2, 0) is 26.2 Å². The molecular weight excluding hydrogens is 486 g/mol. The molecule has 184 valence electrons. The number of rotatable bonds is 9. The van der Waals surface area contributed by atoms with E-state index in [1.54, 1.807) is 42.3 Å². The van der Waals surface area contributed by atoms with Gasteiger partial charge in [-0.25, -0.2) is 8.42 Å². The standard InChI is InChI=1S/C26H28ClN3O4S/c1-3-21(26(32)28-2)29(17-18-12-14-20(27)15-13-18)24(31)11-6-16-30-22-9-4-7-19-8-5-10-23(25(19)22)35(30,33)34/h4-5,7-10,12-15,21H,3,6,11,16-17H2,1-2H3,(H,28,32)/t21-/m1/s1. The zero-order valence-corrected chi connectivity index (χ0v) is 21.3. The average Bonchev–Trinajstić information content (AvgIpc) is 3.08. The number of nitrogens with zero attached hydrogens (tertiary/aromatic N) is 2. The predicted octanol–water partition coefficient (Wildman–Crippen LogP) is 4.34. The van der Waals surface area contributed by atoms with Crippen molar-refractivity contribution in [2.75, 3.05) is 17.9 Å². The van der Waals surface area contributed by atoms with Crippen LogP contribution in [0, 0.1) is 0 Å². The number of carbonyl (C=O) groups excluding carboxylic acids is 2. The van der Waals surface area contributed by atoms with E-state index in [1.165, 1.54) is 4.31 Å². The summed E-state index contributed by atoms with van der Waals surface area (Å²) < 4.78 is 27.8. The van der Waals surface area contributed by atoms with E-state index in [0.29, 0.717) is 28.4 Å². The van der Waals surface area contributed by atoms with Crippen LogP contribution in [-0.4, -0.2) is 44.8 Å². The Hall–Kier alpha value is -3.10. The number of halogens is 1. The molecule has 35 heavy (non-hydrogen) atoms. The number of likely N-dealkylation sites (N-methyl/N-ethyl adjacent to an activating group) is 1. The van der Waals surface area contributed by atoms with E-state index in [1.807, 2.05) is 37.3 Å². The lowest BCUT2D eigenvalue weighted by Crippen LogP contribution is -2.48. The summed E-state index contributed by atoms with van der Waals surface area (Å²) in [6.07, 6.45) is 0.889. The maximum Gasteiger partial charge on any atom is 0.265 e. The van der Waals surface area contributed by atoms with E-state index >= 15 is 0 Å². The monoisotopic (exact) mass is 513 g/mol. The largest absolute Gasteiger partial charge is 0.357 e. The lowest BCUT2D eigenvalue weighted by atomic mass is 10.1.